The van der Waals surface area contributed by atoms with Crippen molar-refractivity contribution >= 4 is 16.6 Å². The van der Waals surface area contributed by atoms with Crippen LogP contribution in [0.5, 0.6) is 0 Å². The van der Waals surface area contributed by atoms with Crippen LogP contribution in [0.1, 0.15) is 13.8 Å². The van der Waals surface area contributed by atoms with Crippen molar-refractivity contribution in [2.45, 2.75) is 13.8 Å². The number of benzene rings is 1. The molecule has 0 radical (unpaired) electrons. The molecule has 0 spiro atoms. The van der Waals surface area contributed by atoms with E-state index in [4.69, 9.17) is 0 Å². The fourth-order valence-electron chi connectivity index (χ4n) is 1.37. The molecule has 3 nitrogen and oxygen atoms in total. The Morgan fingerprint density at radius 3 is 3.07 bits per heavy atom. The van der Waals surface area contributed by atoms with E-state index in [0.29, 0.717) is 5.92 Å². The number of rotatable bonds is 3. The van der Waals surface area contributed by atoms with Gasteiger partial charge in [0.1, 0.15) is 0 Å². The van der Waals surface area contributed by atoms with Gasteiger partial charge in [-0.3, -0.25) is 5.10 Å². The lowest BCUT2D eigenvalue weighted by molar-refractivity contribution is 0.689. The van der Waals surface area contributed by atoms with Crippen molar-refractivity contribution in [3.05, 3.63) is 24.4 Å². The highest BCUT2D eigenvalue weighted by Crippen LogP contribution is 2.16. The lowest BCUT2D eigenvalue weighted by atomic mass is 10.2. The summed E-state index contributed by atoms with van der Waals surface area (Å²) in [6, 6.07) is 6.23. The summed E-state index contributed by atoms with van der Waals surface area (Å²) in [5, 5.41) is 11.5. The number of hydrogen-bond acceptors (Lipinski definition) is 2. The zero-order valence-corrected chi connectivity index (χ0v) is 8.54. The van der Waals surface area contributed by atoms with Gasteiger partial charge in [0.05, 0.1) is 11.7 Å². The Labute approximate surface area is 83.5 Å². The maximum absolute atomic E-state index is 3.98. The predicted molar refractivity (Wildman–Crippen MR) is 59.4 cm³/mol. The second-order valence-electron chi connectivity index (χ2n) is 3.95. The predicted octanol–water partition coefficient (Wildman–Crippen LogP) is 2.63. The molecule has 0 bridgehead atoms. The molecule has 2 aromatic rings. The summed E-state index contributed by atoms with van der Waals surface area (Å²) in [7, 11) is 0. The highest BCUT2D eigenvalue weighted by atomic mass is 15.1. The van der Waals surface area contributed by atoms with Crippen LogP contribution in [-0.2, 0) is 0 Å². The van der Waals surface area contributed by atoms with E-state index in [1.807, 2.05) is 12.3 Å². The van der Waals surface area contributed by atoms with Crippen molar-refractivity contribution < 1.29 is 0 Å². The topological polar surface area (TPSA) is 40.7 Å². The van der Waals surface area contributed by atoms with Crippen LogP contribution in [0.4, 0.5) is 5.69 Å². The van der Waals surface area contributed by atoms with Crippen molar-refractivity contribution in [1.82, 2.24) is 10.2 Å². The van der Waals surface area contributed by atoms with E-state index in [0.717, 1.165) is 23.1 Å². The molecule has 0 saturated heterocycles. The Bertz CT molecular complexity index is 417. The van der Waals surface area contributed by atoms with Crippen molar-refractivity contribution in [1.29, 1.82) is 0 Å². The maximum Gasteiger partial charge on any atom is 0.0651 e. The fourth-order valence-corrected chi connectivity index (χ4v) is 1.37. The Morgan fingerprint density at radius 2 is 2.29 bits per heavy atom. The van der Waals surface area contributed by atoms with E-state index < -0.39 is 0 Å². The Hall–Kier alpha value is -1.51. The first-order valence-electron chi connectivity index (χ1n) is 4.93. The van der Waals surface area contributed by atoms with Crippen LogP contribution in [0.2, 0.25) is 0 Å². The summed E-state index contributed by atoms with van der Waals surface area (Å²) in [5.74, 6) is 0.662. The number of aromatic amines is 1. The number of aromatic nitrogens is 2. The molecule has 0 saturated carbocycles. The van der Waals surface area contributed by atoms with E-state index in [1.54, 1.807) is 0 Å². The van der Waals surface area contributed by atoms with Crippen molar-refractivity contribution in [2.75, 3.05) is 11.9 Å². The number of H-pyrrole nitrogens is 1. The van der Waals surface area contributed by atoms with Crippen molar-refractivity contribution in [3.63, 3.8) is 0 Å². The fraction of sp³-hybridized carbons (Fsp3) is 0.364. The van der Waals surface area contributed by atoms with E-state index in [-0.39, 0.29) is 0 Å². The monoisotopic (exact) mass is 189 g/mol. The van der Waals surface area contributed by atoms with E-state index in [1.165, 1.54) is 0 Å². The third-order valence-electron chi connectivity index (χ3n) is 2.15. The van der Waals surface area contributed by atoms with Gasteiger partial charge in [-0.05, 0) is 24.1 Å². The van der Waals surface area contributed by atoms with Crippen LogP contribution in [0, 0.1) is 5.92 Å². The summed E-state index contributed by atoms with van der Waals surface area (Å²) < 4.78 is 0. The van der Waals surface area contributed by atoms with Gasteiger partial charge in [0, 0.05) is 17.6 Å². The largest absolute Gasteiger partial charge is 0.385 e. The second-order valence-corrected chi connectivity index (χ2v) is 3.95. The molecular weight excluding hydrogens is 174 g/mol. The molecule has 0 amide bonds. The lowest BCUT2D eigenvalue weighted by Gasteiger charge is -2.08. The van der Waals surface area contributed by atoms with E-state index in [9.17, 15) is 0 Å². The summed E-state index contributed by atoms with van der Waals surface area (Å²) in [4.78, 5) is 0. The van der Waals surface area contributed by atoms with Crippen LogP contribution in [0.25, 0.3) is 10.9 Å². The standard InChI is InChI=1S/C11H15N3/c1-8(2)6-12-10-3-4-11-9(5-10)7-13-14-11/h3-5,7-8,12H,6H2,1-2H3,(H,13,14). The molecule has 1 aromatic carbocycles. The molecule has 2 N–H and O–H groups in total. The van der Waals surface area contributed by atoms with E-state index >= 15 is 0 Å². The summed E-state index contributed by atoms with van der Waals surface area (Å²) >= 11 is 0. The molecule has 3 heteroatoms. The second kappa shape index (κ2) is 3.70. The van der Waals surface area contributed by atoms with Crippen LogP contribution in [0.15, 0.2) is 24.4 Å². The molecule has 0 aliphatic rings. The number of nitrogens with zero attached hydrogens (tertiary/aromatic N) is 1. The SMILES string of the molecule is CC(C)CNc1ccc2[nH]ncc2c1. The van der Waals surface area contributed by atoms with Crippen molar-refractivity contribution in [3.8, 4) is 0 Å². The first kappa shape index (κ1) is 9.06. The molecule has 0 unspecified atom stereocenters. The van der Waals surface area contributed by atoms with Crippen LogP contribution < -0.4 is 5.32 Å². The summed E-state index contributed by atoms with van der Waals surface area (Å²) in [6.07, 6.45) is 1.84. The van der Waals surface area contributed by atoms with Gasteiger partial charge >= 0.3 is 0 Å². The van der Waals surface area contributed by atoms with E-state index in [2.05, 4.69) is 41.5 Å². The molecule has 0 aliphatic carbocycles. The van der Waals surface area contributed by atoms with Gasteiger partial charge in [0.25, 0.3) is 0 Å². The average molecular weight is 189 g/mol. The Kier molecular flexibility index (Phi) is 2.39. The smallest absolute Gasteiger partial charge is 0.0651 e. The Balaban J connectivity index is 2.17. The molecule has 1 heterocycles. The normalized spacial score (nSPS) is 11.1. The van der Waals surface area contributed by atoms with Crippen LogP contribution in [-0.4, -0.2) is 16.7 Å². The minimum Gasteiger partial charge on any atom is -0.385 e. The molecular formula is C11H15N3. The molecule has 14 heavy (non-hydrogen) atoms. The first-order valence-corrected chi connectivity index (χ1v) is 4.93. The van der Waals surface area contributed by atoms with Crippen LogP contribution in [0.3, 0.4) is 0 Å². The highest BCUT2D eigenvalue weighted by Gasteiger charge is 1.98. The molecule has 2 rings (SSSR count). The lowest BCUT2D eigenvalue weighted by Crippen LogP contribution is -2.07. The quantitative estimate of drug-likeness (QED) is 0.779. The van der Waals surface area contributed by atoms with Gasteiger partial charge in [0.2, 0.25) is 0 Å². The third kappa shape index (κ3) is 1.87. The van der Waals surface area contributed by atoms with Crippen LogP contribution >= 0.6 is 0 Å². The van der Waals surface area contributed by atoms with Gasteiger partial charge in [-0.25, -0.2) is 0 Å². The minimum absolute atomic E-state index is 0.662. The van der Waals surface area contributed by atoms with Gasteiger partial charge in [-0.15, -0.1) is 0 Å². The zero-order chi connectivity index (χ0) is 9.97. The summed E-state index contributed by atoms with van der Waals surface area (Å²) in [6.45, 7) is 5.40. The van der Waals surface area contributed by atoms with Gasteiger partial charge in [0.15, 0.2) is 0 Å². The molecule has 74 valence electrons. The molecule has 0 aliphatic heterocycles. The summed E-state index contributed by atoms with van der Waals surface area (Å²) in [5.41, 5.74) is 2.24. The third-order valence-corrected chi connectivity index (χ3v) is 2.15. The highest BCUT2D eigenvalue weighted by molar-refractivity contribution is 5.81. The first-order chi connectivity index (χ1) is 6.75. The number of hydrogen-bond donors (Lipinski definition) is 2. The van der Waals surface area contributed by atoms with Gasteiger partial charge in [-0.1, -0.05) is 13.8 Å². The minimum atomic E-state index is 0.662. The molecule has 1 aromatic heterocycles. The number of nitrogens with one attached hydrogen (secondary N) is 2. The van der Waals surface area contributed by atoms with Gasteiger partial charge in [-0.2, -0.15) is 5.10 Å². The molecule has 0 atom stereocenters. The van der Waals surface area contributed by atoms with Gasteiger partial charge < -0.3 is 5.32 Å². The number of anilines is 1. The number of fused-ring (bicyclic) bond motifs is 1. The average Bonchev–Trinajstić information content (AvgIpc) is 2.61. The Morgan fingerprint density at radius 1 is 1.43 bits per heavy atom. The molecule has 0 fully saturated rings. The maximum atomic E-state index is 3.98. The van der Waals surface area contributed by atoms with Crippen molar-refractivity contribution in [2.24, 2.45) is 5.92 Å². The zero-order valence-electron chi connectivity index (χ0n) is 8.54.